The smallest absolute Gasteiger partial charge is 0.261 e. The Morgan fingerprint density at radius 1 is 0.963 bits per heavy atom. The Kier molecular flexibility index (Phi) is 6.93. The molecule has 2 rings (SSSR count). The summed E-state index contributed by atoms with van der Waals surface area (Å²) in [6.07, 6.45) is -0.628. The van der Waals surface area contributed by atoms with Crippen molar-refractivity contribution >= 4 is 5.91 Å². The standard InChI is InChI=1S/C21H27NO5/c1-13-8-7-9-17(14(13)2)27-15(3)21(23)22-12-16-10-11-18(24-4)20(26-6)19(16)25-5/h7-11,15H,12H2,1-6H3,(H,22,23). The van der Waals surface area contributed by atoms with Gasteiger partial charge in [-0.3, -0.25) is 4.79 Å². The molecule has 146 valence electrons. The van der Waals surface area contributed by atoms with Crippen LogP contribution in [0, 0.1) is 13.8 Å². The van der Waals surface area contributed by atoms with E-state index in [2.05, 4.69) is 5.32 Å². The van der Waals surface area contributed by atoms with E-state index in [1.54, 1.807) is 34.3 Å². The summed E-state index contributed by atoms with van der Waals surface area (Å²) >= 11 is 0. The Hall–Kier alpha value is -2.89. The Morgan fingerprint density at radius 2 is 1.67 bits per heavy atom. The van der Waals surface area contributed by atoms with Gasteiger partial charge in [0.05, 0.1) is 21.3 Å². The third-order valence-corrected chi connectivity index (χ3v) is 4.47. The highest BCUT2D eigenvalue weighted by Crippen LogP contribution is 2.39. The molecular formula is C21H27NO5. The summed E-state index contributed by atoms with van der Waals surface area (Å²) in [5.74, 6) is 2.08. The fourth-order valence-corrected chi connectivity index (χ4v) is 2.72. The maximum atomic E-state index is 12.5. The second kappa shape index (κ2) is 9.16. The van der Waals surface area contributed by atoms with Crippen LogP contribution in [0.4, 0.5) is 0 Å². The number of amides is 1. The molecule has 1 atom stereocenters. The molecule has 1 amide bonds. The van der Waals surface area contributed by atoms with Crippen LogP contribution in [0.2, 0.25) is 0 Å². The number of carbonyl (C=O) groups is 1. The summed E-state index contributed by atoms with van der Waals surface area (Å²) in [7, 11) is 4.66. The lowest BCUT2D eigenvalue weighted by molar-refractivity contribution is -0.127. The molecule has 0 radical (unpaired) electrons. The average molecular weight is 373 g/mol. The summed E-state index contributed by atoms with van der Waals surface area (Å²) in [4.78, 5) is 12.5. The van der Waals surface area contributed by atoms with Crippen LogP contribution >= 0.6 is 0 Å². The first-order valence-electron chi connectivity index (χ1n) is 8.71. The predicted molar refractivity (Wildman–Crippen MR) is 104 cm³/mol. The molecule has 0 bridgehead atoms. The van der Waals surface area contributed by atoms with Gasteiger partial charge in [0, 0.05) is 12.1 Å². The summed E-state index contributed by atoms with van der Waals surface area (Å²) in [5, 5.41) is 2.88. The van der Waals surface area contributed by atoms with E-state index < -0.39 is 6.10 Å². The van der Waals surface area contributed by atoms with Crippen molar-refractivity contribution in [3.8, 4) is 23.0 Å². The van der Waals surface area contributed by atoms with Gasteiger partial charge >= 0.3 is 0 Å². The summed E-state index contributed by atoms with van der Waals surface area (Å²) < 4.78 is 21.9. The molecule has 0 aliphatic rings. The Labute approximate surface area is 160 Å². The van der Waals surface area contributed by atoms with Gasteiger partial charge in [-0.15, -0.1) is 0 Å². The SMILES string of the molecule is COc1ccc(CNC(=O)C(C)Oc2cccc(C)c2C)c(OC)c1OC. The van der Waals surface area contributed by atoms with Crippen LogP contribution in [0.3, 0.4) is 0 Å². The van der Waals surface area contributed by atoms with Crippen LogP contribution in [0.1, 0.15) is 23.6 Å². The Morgan fingerprint density at radius 3 is 2.30 bits per heavy atom. The highest BCUT2D eigenvalue weighted by molar-refractivity contribution is 5.80. The van der Waals surface area contributed by atoms with Crippen molar-refractivity contribution in [1.29, 1.82) is 0 Å². The Balaban J connectivity index is 2.07. The van der Waals surface area contributed by atoms with Gasteiger partial charge in [-0.1, -0.05) is 12.1 Å². The number of benzene rings is 2. The number of carbonyl (C=O) groups excluding carboxylic acids is 1. The van der Waals surface area contributed by atoms with E-state index in [0.29, 0.717) is 23.0 Å². The van der Waals surface area contributed by atoms with Crippen LogP contribution in [0.25, 0.3) is 0 Å². The minimum atomic E-state index is -0.628. The Bertz CT molecular complexity index is 803. The molecule has 0 spiro atoms. The first-order chi connectivity index (χ1) is 12.9. The van der Waals surface area contributed by atoms with Crippen molar-refractivity contribution in [2.24, 2.45) is 0 Å². The van der Waals surface area contributed by atoms with Gasteiger partial charge in [-0.2, -0.15) is 0 Å². The summed E-state index contributed by atoms with van der Waals surface area (Å²) in [5.41, 5.74) is 2.93. The van der Waals surface area contributed by atoms with Crippen molar-refractivity contribution in [3.63, 3.8) is 0 Å². The molecule has 6 heteroatoms. The molecule has 0 saturated carbocycles. The second-order valence-corrected chi connectivity index (χ2v) is 6.17. The third kappa shape index (κ3) is 4.64. The zero-order valence-electron chi connectivity index (χ0n) is 16.7. The van der Waals surface area contributed by atoms with E-state index in [0.717, 1.165) is 16.7 Å². The van der Waals surface area contributed by atoms with Crippen LogP contribution in [-0.4, -0.2) is 33.3 Å². The number of nitrogens with one attached hydrogen (secondary N) is 1. The number of ether oxygens (including phenoxy) is 4. The van der Waals surface area contributed by atoms with E-state index in [9.17, 15) is 4.79 Å². The third-order valence-electron chi connectivity index (χ3n) is 4.47. The molecule has 0 heterocycles. The van der Waals surface area contributed by atoms with Crippen molar-refractivity contribution in [3.05, 3.63) is 47.0 Å². The highest BCUT2D eigenvalue weighted by Gasteiger charge is 2.19. The van der Waals surface area contributed by atoms with Crippen molar-refractivity contribution in [2.75, 3.05) is 21.3 Å². The normalized spacial score (nSPS) is 11.5. The highest BCUT2D eigenvalue weighted by atomic mass is 16.5. The van der Waals surface area contributed by atoms with Gasteiger partial charge in [0.1, 0.15) is 5.75 Å². The first kappa shape index (κ1) is 20.4. The van der Waals surface area contributed by atoms with Crippen molar-refractivity contribution in [1.82, 2.24) is 5.32 Å². The van der Waals surface area contributed by atoms with Gasteiger partial charge < -0.3 is 24.3 Å². The maximum Gasteiger partial charge on any atom is 0.261 e. The van der Waals surface area contributed by atoms with E-state index in [-0.39, 0.29) is 12.5 Å². The molecule has 2 aromatic carbocycles. The lowest BCUT2D eigenvalue weighted by atomic mass is 10.1. The number of rotatable bonds is 8. The van der Waals surface area contributed by atoms with Crippen molar-refractivity contribution in [2.45, 2.75) is 33.4 Å². The molecule has 0 aliphatic carbocycles. The molecule has 2 aromatic rings. The van der Waals surface area contributed by atoms with E-state index in [1.165, 1.54) is 0 Å². The van der Waals surface area contributed by atoms with Crippen LogP contribution in [-0.2, 0) is 11.3 Å². The molecule has 1 unspecified atom stereocenters. The van der Waals surface area contributed by atoms with Crippen LogP contribution in [0.15, 0.2) is 30.3 Å². The summed E-state index contributed by atoms with van der Waals surface area (Å²) in [6.45, 7) is 5.99. The largest absolute Gasteiger partial charge is 0.493 e. The molecule has 27 heavy (non-hydrogen) atoms. The lowest BCUT2D eigenvalue weighted by Gasteiger charge is -2.19. The topological polar surface area (TPSA) is 66.0 Å². The first-order valence-corrected chi connectivity index (χ1v) is 8.71. The fourth-order valence-electron chi connectivity index (χ4n) is 2.72. The van der Waals surface area contributed by atoms with Crippen molar-refractivity contribution < 1.29 is 23.7 Å². The number of hydrogen-bond acceptors (Lipinski definition) is 5. The number of hydrogen-bond donors (Lipinski definition) is 1. The monoisotopic (exact) mass is 373 g/mol. The minimum Gasteiger partial charge on any atom is -0.493 e. The molecular weight excluding hydrogens is 346 g/mol. The molecule has 1 N–H and O–H groups in total. The van der Waals surface area contributed by atoms with Gasteiger partial charge in [-0.05, 0) is 50.1 Å². The summed E-state index contributed by atoms with van der Waals surface area (Å²) in [6, 6.07) is 9.39. The maximum absolute atomic E-state index is 12.5. The molecule has 0 fully saturated rings. The zero-order chi connectivity index (χ0) is 20.0. The van der Waals surface area contributed by atoms with E-state index >= 15 is 0 Å². The minimum absolute atomic E-state index is 0.215. The second-order valence-electron chi connectivity index (χ2n) is 6.17. The molecule has 6 nitrogen and oxygen atoms in total. The predicted octanol–water partition coefficient (Wildman–Crippen LogP) is 3.41. The van der Waals surface area contributed by atoms with Crippen LogP contribution < -0.4 is 24.3 Å². The number of aryl methyl sites for hydroxylation is 1. The zero-order valence-corrected chi connectivity index (χ0v) is 16.7. The van der Waals surface area contributed by atoms with Crippen LogP contribution in [0.5, 0.6) is 23.0 Å². The molecule has 0 aliphatic heterocycles. The van der Waals surface area contributed by atoms with Gasteiger partial charge in [0.25, 0.3) is 5.91 Å². The van der Waals surface area contributed by atoms with E-state index in [1.807, 2.05) is 38.1 Å². The van der Waals surface area contributed by atoms with Gasteiger partial charge in [-0.25, -0.2) is 0 Å². The lowest BCUT2D eigenvalue weighted by Crippen LogP contribution is -2.36. The van der Waals surface area contributed by atoms with Gasteiger partial charge in [0.2, 0.25) is 5.75 Å². The number of methoxy groups -OCH3 is 3. The van der Waals surface area contributed by atoms with Gasteiger partial charge in [0.15, 0.2) is 17.6 Å². The molecule has 0 saturated heterocycles. The average Bonchev–Trinajstić information content (AvgIpc) is 2.68. The molecule has 0 aromatic heterocycles. The van der Waals surface area contributed by atoms with E-state index in [4.69, 9.17) is 18.9 Å². The quantitative estimate of drug-likeness (QED) is 0.768. The fraction of sp³-hybridized carbons (Fsp3) is 0.381.